The van der Waals surface area contributed by atoms with Crippen molar-refractivity contribution in [2.45, 2.75) is 59.6 Å². The second-order valence-electron chi connectivity index (χ2n) is 6.95. The van der Waals surface area contributed by atoms with E-state index in [0.29, 0.717) is 18.2 Å². The smallest absolute Gasteiger partial charge is 0.410 e. The molecule has 0 aliphatic carbocycles. The lowest BCUT2D eigenvalue weighted by Gasteiger charge is -2.24. The van der Waals surface area contributed by atoms with E-state index in [1.54, 1.807) is 4.90 Å². The third-order valence-corrected chi connectivity index (χ3v) is 4.25. The molecule has 0 radical (unpaired) electrons. The minimum Gasteiger partial charge on any atom is -0.444 e. The first-order chi connectivity index (χ1) is 11.8. The predicted octanol–water partition coefficient (Wildman–Crippen LogP) is 4.60. The van der Waals surface area contributed by atoms with E-state index in [1.165, 1.54) is 6.33 Å². The van der Waals surface area contributed by atoms with E-state index >= 15 is 0 Å². The van der Waals surface area contributed by atoms with Gasteiger partial charge < -0.3 is 14.2 Å². The van der Waals surface area contributed by atoms with Gasteiger partial charge in [-0.25, -0.2) is 14.8 Å². The molecule has 1 fully saturated rings. The Hall–Kier alpha value is -1.82. The van der Waals surface area contributed by atoms with Crippen molar-refractivity contribution in [1.82, 2.24) is 19.4 Å². The molecule has 138 valence electrons. The Balaban J connectivity index is 0.00000109. The van der Waals surface area contributed by atoms with Gasteiger partial charge in [-0.15, -0.1) is 0 Å². The zero-order chi connectivity index (χ0) is 18.8. The summed E-state index contributed by atoms with van der Waals surface area (Å²) in [4.78, 5) is 22.4. The maximum absolute atomic E-state index is 12.2. The van der Waals surface area contributed by atoms with Crippen LogP contribution in [0.4, 0.5) is 4.79 Å². The molecule has 0 spiro atoms. The lowest BCUT2D eigenvalue weighted by atomic mass is 10.2. The second kappa shape index (κ2) is 7.60. The fourth-order valence-electron chi connectivity index (χ4n) is 2.96. The number of nitrogens with zero attached hydrogens (tertiary/aromatic N) is 4. The van der Waals surface area contributed by atoms with E-state index in [4.69, 9.17) is 16.3 Å². The van der Waals surface area contributed by atoms with Crippen LogP contribution in [0.5, 0.6) is 0 Å². The molecular formula is C18H27ClN4O2. The molecule has 0 bridgehead atoms. The summed E-state index contributed by atoms with van der Waals surface area (Å²) in [6.45, 7) is 12.9. The molecule has 1 aliphatic rings. The van der Waals surface area contributed by atoms with E-state index in [9.17, 15) is 4.79 Å². The molecule has 6 nitrogen and oxygen atoms in total. The number of hydrogen-bond donors (Lipinski definition) is 0. The molecule has 7 heteroatoms. The summed E-state index contributed by atoms with van der Waals surface area (Å²) in [7, 11) is 0. The highest BCUT2D eigenvalue weighted by atomic mass is 35.5. The van der Waals surface area contributed by atoms with Gasteiger partial charge in [-0.3, -0.25) is 0 Å². The number of aryl methyl sites for hydroxylation is 1. The van der Waals surface area contributed by atoms with Crippen LogP contribution in [0.2, 0.25) is 5.15 Å². The summed E-state index contributed by atoms with van der Waals surface area (Å²) < 4.78 is 7.55. The third-order valence-electron chi connectivity index (χ3n) is 3.96. The van der Waals surface area contributed by atoms with Crippen molar-refractivity contribution in [2.24, 2.45) is 0 Å². The number of hydrogen-bond acceptors (Lipinski definition) is 4. The zero-order valence-corrected chi connectivity index (χ0v) is 16.6. The topological polar surface area (TPSA) is 60.2 Å². The molecule has 0 saturated carbocycles. The minimum absolute atomic E-state index is 0.171. The Morgan fingerprint density at radius 3 is 2.64 bits per heavy atom. The maximum atomic E-state index is 12.2. The number of carbonyl (C=O) groups is 1. The molecule has 0 aromatic carbocycles. The van der Waals surface area contributed by atoms with Gasteiger partial charge in [0.25, 0.3) is 0 Å². The van der Waals surface area contributed by atoms with Gasteiger partial charge in [0.1, 0.15) is 22.7 Å². The van der Waals surface area contributed by atoms with Crippen LogP contribution < -0.4 is 0 Å². The molecule has 1 amide bonds. The van der Waals surface area contributed by atoms with E-state index in [-0.39, 0.29) is 12.1 Å². The van der Waals surface area contributed by atoms with Crippen LogP contribution in [-0.2, 0) is 4.74 Å². The summed E-state index contributed by atoms with van der Waals surface area (Å²) >= 11 is 6.19. The number of ether oxygens (including phenoxy) is 1. The van der Waals surface area contributed by atoms with Gasteiger partial charge in [-0.05, 0) is 39.7 Å². The SMILES string of the molecule is CC.Cc1cn(C2CCN(C(=O)OC(C)(C)C)C2)c2ncnc(Cl)c12. The van der Waals surface area contributed by atoms with Gasteiger partial charge in [-0.2, -0.15) is 0 Å². The lowest BCUT2D eigenvalue weighted by Crippen LogP contribution is -2.35. The van der Waals surface area contributed by atoms with E-state index < -0.39 is 5.60 Å². The first-order valence-corrected chi connectivity index (χ1v) is 9.09. The van der Waals surface area contributed by atoms with Crippen LogP contribution in [0, 0.1) is 6.92 Å². The first-order valence-electron chi connectivity index (χ1n) is 8.72. The Kier molecular flexibility index (Phi) is 5.93. The number of rotatable bonds is 1. The number of aromatic nitrogens is 3. The molecule has 3 rings (SSSR count). The molecule has 3 heterocycles. The quantitative estimate of drug-likeness (QED) is 0.692. The summed E-state index contributed by atoms with van der Waals surface area (Å²) in [6.07, 6.45) is 4.11. The van der Waals surface area contributed by atoms with Crippen LogP contribution in [-0.4, -0.2) is 44.2 Å². The van der Waals surface area contributed by atoms with E-state index in [1.807, 2.05) is 47.7 Å². The van der Waals surface area contributed by atoms with Gasteiger partial charge in [-0.1, -0.05) is 25.4 Å². The van der Waals surface area contributed by atoms with E-state index in [0.717, 1.165) is 23.0 Å². The van der Waals surface area contributed by atoms with Crippen LogP contribution in [0.25, 0.3) is 11.0 Å². The fraction of sp³-hybridized carbons (Fsp3) is 0.611. The van der Waals surface area contributed by atoms with Crippen molar-refractivity contribution in [3.63, 3.8) is 0 Å². The van der Waals surface area contributed by atoms with Crippen molar-refractivity contribution in [3.05, 3.63) is 23.2 Å². The molecule has 1 saturated heterocycles. The number of likely N-dealkylation sites (tertiary alicyclic amines) is 1. The molecule has 2 aromatic heterocycles. The van der Waals surface area contributed by atoms with Crippen molar-refractivity contribution in [2.75, 3.05) is 13.1 Å². The standard InChI is InChI=1S/C16H21ClN4O2.C2H6/c1-10-7-21(14-12(10)13(17)18-9-19-14)11-5-6-20(8-11)15(22)23-16(2,3)4;1-2/h7,9,11H,5-6,8H2,1-4H3;1-2H3. The van der Waals surface area contributed by atoms with Crippen molar-refractivity contribution >= 4 is 28.7 Å². The number of amides is 1. The van der Waals surface area contributed by atoms with E-state index in [2.05, 4.69) is 14.5 Å². The summed E-state index contributed by atoms with van der Waals surface area (Å²) in [5.74, 6) is 0. The Morgan fingerprint density at radius 1 is 1.32 bits per heavy atom. The van der Waals surface area contributed by atoms with Gasteiger partial charge >= 0.3 is 6.09 Å². The Morgan fingerprint density at radius 2 is 2.00 bits per heavy atom. The maximum Gasteiger partial charge on any atom is 0.410 e. The number of fused-ring (bicyclic) bond motifs is 1. The Bertz CT molecular complexity index is 751. The zero-order valence-electron chi connectivity index (χ0n) is 15.8. The van der Waals surface area contributed by atoms with Gasteiger partial charge in [0.15, 0.2) is 0 Å². The third kappa shape index (κ3) is 4.24. The molecule has 0 N–H and O–H groups in total. The predicted molar refractivity (Wildman–Crippen MR) is 100 cm³/mol. The molecule has 1 atom stereocenters. The van der Waals surface area contributed by atoms with Gasteiger partial charge in [0, 0.05) is 19.3 Å². The number of carbonyl (C=O) groups excluding carboxylic acids is 1. The van der Waals surface area contributed by atoms with Crippen LogP contribution in [0.15, 0.2) is 12.5 Å². The molecular weight excluding hydrogens is 340 g/mol. The van der Waals surface area contributed by atoms with Crippen molar-refractivity contribution < 1.29 is 9.53 Å². The monoisotopic (exact) mass is 366 g/mol. The first kappa shape index (κ1) is 19.5. The summed E-state index contributed by atoms with van der Waals surface area (Å²) in [5.41, 5.74) is 1.38. The minimum atomic E-state index is -0.480. The van der Waals surface area contributed by atoms with Crippen molar-refractivity contribution in [1.29, 1.82) is 0 Å². The summed E-state index contributed by atoms with van der Waals surface area (Å²) in [5, 5.41) is 1.35. The Labute approximate surface area is 154 Å². The second-order valence-corrected chi connectivity index (χ2v) is 7.31. The summed E-state index contributed by atoms with van der Waals surface area (Å²) in [6, 6.07) is 0.171. The lowest BCUT2D eigenvalue weighted by molar-refractivity contribution is 0.0289. The average molecular weight is 367 g/mol. The van der Waals surface area contributed by atoms with Crippen LogP contribution >= 0.6 is 11.6 Å². The number of halogens is 1. The highest BCUT2D eigenvalue weighted by Crippen LogP contribution is 2.31. The van der Waals surface area contributed by atoms with Crippen LogP contribution in [0.3, 0.4) is 0 Å². The normalized spacial score (nSPS) is 17.4. The average Bonchev–Trinajstić information content (AvgIpc) is 3.13. The molecule has 1 unspecified atom stereocenters. The van der Waals surface area contributed by atoms with Gasteiger partial charge in [0.05, 0.1) is 11.4 Å². The highest BCUT2D eigenvalue weighted by Gasteiger charge is 2.31. The van der Waals surface area contributed by atoms with Gasteiger partial charge in [0.2, 0.25) is 0 Å². The molecule has 2 aromatic rings. The molecule has 1 aliphatic heterocycles. The van der Waals surface area contributed by atoms with Crippen LogP contribution in [0.1, 0.15) is 52.6 Å². The highest BCUT2D eigenvalue weighted by molar-refractivity contribution is 6.34. The largest absolute Gasteiger partial charge is 0.444 e. The molecule has 25 heavy (non-hydrogen) atoms. The fourth-order valence-corrected chi connectivity index (χ4v) is 3.24. The van der Waals surface area contributed by atoms with Crippen molar-refractivity contribution in [3.8, 4) is 0 Å².